The molecule has 0 saturated carbocycles. The van der Waals surface area contributed by atoms with Crippen LogP contribution in [0.5, 0.6) is 0 Å². The Balaban J connectivity index is 1.77. The van der Waals surface area contributed by atoms with Gasteiger partial charge in [0.2, 0.25) is 0 Å². The van der Waals surface area contributed by atoms with Crippen LogP contribution < -0.4 is 0 Å². The average Bonchev–Trinajstić information content (AvgIpc) is 3.25. The molecule has 3 bridgehead atoms. The third-order valence-corrected chi connectivity index (χ3v) is 9.50. The Morgan fingerprint density at radius 3 is 2.37 bits per heavy atom. The molecule has 0 radical (unpaired) electrons. The number of aliphatic hydroxyl groups excluding tert-OH is 2. The molecule has 4 aliphatic heterocycles. The van der Waals surface area contributed by atoms with Gasteiger partial charge in [-0.3, -0.25) is 4.79 Å². The van der Waals surface area contributed by atoms with Gasteiger partial charge in [-0.2, -0.15) is 0 Å². The Hall–Kier alpha value is -1.07. The summed E-state index contributed by atoms with van der Waals surface area (Å²) in [5, 5.41) is 22.7. The fraction of sp³-hybridized carbons (Fsp3) is 0.897. The van der Waals surface area contributed by atoms with Crippen LogP contribution in [0.25, 0.3) is 0 Å². The molecule has 4 rings (SSSR count). The van der Waals surface area contributed by atoms with E-state index in [0.29, 0.717) is 19.3 Å². The number of ether oxygens (including phenoxy) is 5. The molecule has 9 heteroatoms. The summed E-state index contributed by atoms with van der Waals surface area (Å²) in [5.41, 5.74) is -0.848. The topological polar surface area (TPSA) is 107 Å². The van der Waals surface area contributed by atoms with E-state index in [-0.39, 0.29) is 18.1 Å². The van der Waals surface area contributed by atoms with Crippen LogP contribution in [-0.4, -0.2) is 95.0 Å². The molecule has 3 saturated heterocycles. The first kappa shape index (κ1) is 29.9. The lowest BCUT2D eigenvalue weighted by Crippen LogP contribution is -2.59. The van der Waals surface area contributed by atoms with Crippen LogP contribution in [0.1, 0.15) is 74.7 Å². The summed E-state index contributed by atoms with van der Waals surface area (Å²) in [6.07, 6.45) is -0.437. The molecule has 0 aromatic heterocycles. The Bertz CT molecular complexity index is 926. The smallest absolute Gasteiger partial charge is 0.311 e. The van der Waals surface area contributed by atoms with Gasteiger partial charge in [0.15, 0.2) is 12.1 Å². The summed E-state index contributed by atoms with van der Waals surface area (Å²) in [6, 6.07) is -0.151. The lowest BCUT2D eigenvalue weighted by atomic mass is 9.78. The molecule has 9 nitrogen and oxygen atoms in total. The molecule has 4 heterocycles. The highest BCUT2D eigenvalue weighted by molar-refractivity contribution is 5.73. The van der Waals surface area contributed by atoms with Crippen LogP contribution in [0.3, 0.4) is 0 Å². The highest BCUT2D eigenvalue weighted by Crippen LogP contribution is 2.56. The number of likely N-dealkylation sites (N-methyl/N-ethyl adjacent to an activating group) is 1. The van der Waals surface area contributed by atoms with Gasteiger partial charge in [0.25, 0.3) is 0 Å². The van der Waals surface area contributed by atoms with Gasteiger partial charge in [-0.05, 0) is 79.6 Å². The maximum absolute atomic E-state index is 13.3. The highest BCUT2D eigenvalue weighted by atomic mass is 16.8. The Labute approximate surface area is 227 Å². The van der Waals surface area contributed by atoms with Crippen molar-refractivity contribution < 1.29 is 38.7 Å². The van der Waals surface area contributed by atoms with Crippen molar-refractivity contribution in [2.45, 2.75) is 134 Å². The van der Waals surface area contributed by atoms with Crippen molar-refractivity contribution in [3.8, 4) is 0 Å². The number of carbonyl (C=O) groups excluding carboxylic acids is 1. The van der Waals surface area contributed by atoms with E-state index >= 15 is 0 Å². The SMILES string of the molecule is CC[C@H]1OC(=O)[C@H](C)[C@@H](O)[C@H](C)[C@@H](O[C@@H]2O[C@H](C)C[C@H](N(C)C)[C@H]2O)[C@@]2(C)C[C@@H](C)[C@]3(O2)O[C@@]1(C)C=C3C. The molecule has 2 N–H and O–H groups in total. The molecule has 0 unspecified atom stereocenters. The Morgan fingerprint density at radius 1 is 1.11 bits per heavy atom. The third-order valence-electron chi connectivity index (χ3n) is 9.50. The number of nitrogens with zero attached hydrogens (tertiary/aromatic N) is 1. The Morgan fingerprint density at radius 2 is 1.76 bits per heavy atom. The molecule has 0 aromatic carbocycles. The van der Waals surface area contributed by atoms with E-state index in [9.17, 15) is 15.0 Å². The lowest BCUT2D eigenvalue weighted by Gasteiger charge is -2.47. The van der Waals surface area contributed by atoms with Gasteiger partial charge in [0.1, 0.15) is 17.8 Å². The predicted molar refractivity (Wildman–Crippen MR) is 141 cm³/mol. The number of cyclic esters (lactones) is 1. The van der Waals surface area contributed by atoms with E-state index in [0.717, 1.165) is 5.57 Å². The summed E-state index contributed by atoms with van der Waals surface area (Å²) >= 11 is 0. The quantitative estimate of drug-likeness (QED) is 0.412. The van der Waals surface area contributed by atoms with Crippen molar-refractivity contribution in [1.29, 1.82) is 0 Å². The zero-order valence-corrected chi connectivity index (χ0v) is 24.8. The van der Waals surface area contributed by atoms with Crippen molar-refractivity contribution in [2.24, 2.45) is 17.8 Å². The lowest BCUT2D eigenvalue weighted by molar-refractivity contribution is -0.327. The van der Waals surface area contributed by atoms with Crippen molar-refractivity contribution in [3.05, 3.63) is 11.6 Å². The zero-order valence-electron chi connectivity index (χ0n) is 24.8. The minimum atomic E-state index is -1.07. The van der Waals surface area contributed by atoms with E-state index in [4.69, 9.17) is 23.7 Å². The van der Waals surface area contributed by atoms with Gasteiger partial charge >= 0.3 is 5.97 Å². The minimum Gasteiger partial charge on any atom is -0.459 e. The summed E-state index contributed by atoms with van der Waals surface area (Å²) in [4.78, 5) is 15.3. The van der Waals surface area contributed by atoms with Gasteiger partial charge < -0.3 is 38.8 Å². The largest absolute Gasteiger partial charge is 0.459 e. The first-order chi connectivity index (χ1) is 17.6. The highest BCUT2D eigenvalue weighted by Gasteiger charge is 2.64. The number of esters is 1. The Kier molecular flexibility index (Phi) is 8.18. The molecule has 0 aromatic rings. The van der Waals surface area contributed by atoms with Gasteiger partial charge in [0, 0.05) is 17.9 Å². The predicted octanol–water partition coefficient (Wildman–Crippen LogP) is 3.01. The van der Waals surface area contributed by atoms with Gasteiger partial charge in [0.05, 0.1) is 29.8 Å². The van der Waals surface area contributed by atoms with Gasteiger partial charge in [-0.1, -0.05) is 20.8 Å². The number of fused-ring (bicyclic) bond motifs is 2. The molecule has 1 spiro atoms. The first-order valence-electron chi connectivity index (χ1n) is 14.2. The van der Waals surface area contributed by atoms with E-state index < -0.39 is 65.5 Å². The maximum atomic E-state index is 13.3. The van der Waals surface area contributed by atoms with E-state index in [1.54, 1.807) is 6.92 Å². The van der Waals surface area contributed by atoms with Gasteiger partial charge in [-0.15, -0.1) is 0 Å². The second-order valence-corrected chi connectivity index (χ2v) is 12.9. The second-order valence-electron chi connectivity index (χ2n) is 12.9. The summed E-state index contributed by atoms with van der Waals surface area (Å²) < 4.78 is 32.4. The van der Waals surface area contributed by atoms with Crippen molar-refractivity contribution in [2.75, 3.05) is 14.1 Å². The van der Waals surface area contributed by atoms with Crippen molar-refractivity contribution >= 4 is 5.97 Å². The molecule has 0 amide bonds. The molecule has 13 atom stereocenters. The van der Waals surface area contributed by atoms with Crippen molar-refractivity contribution in [1.82, 2.24) is 4.90 Å². The number of carbonyl (C=O) groups is 1. The molecular weight excluding hydrogens is 490 g/mol. The third kappa shape index (κ3) is 4.86. The number of aliphatic hydroxyl groups is 2. The average molecular weight is 540 g/mol. The van der Waals surface area contributed by atoms with E-state index in [1.165, 1.54) is 0 Å². The molecule has 218 valence electrons. The van der Waals surface area contributed by atoms with Crippen LogP contribution in [0.2, 0.25) is 0 Å². The van der Waals surface area contributed by atoms with Gasteiger partial charge in [-0.25, -0.2) is 0 Å². The number of hydrogen-bond acceptors (Lipinski definition) is 9. The first-order valence-corrected chi connectivity index (χ1v) is 14.2. The number of rotatable bonds is 4. The van der Waals surface area contributed by atoms with Crippen LogP contribution in [0.4, 0.5) is 0 Å². The summed E-state index contributed by atoms with van der Waals surface area (Å²) in [6.45, 7) is 15.5. The second kappa shape index (κ2) is 10.4. The van der Waals surface area contributed by atoms with Crippen LogP contribution in [0.15, 0.2) is 11.6 Å². The molecule has 38 heavy (non-hydrogen) atoms. The zero-order chi connectivity index (χ0) is 28.4. The molecule has 3 fully saturated rings. The maximum Gasteiger partial charge on any atom is 0.311 e. The van der Waals surface area contributed by atoms with Crippen LogP contribution in [-0.2, 0) is 28.5 Å². The van der Waals surface area contributed by atoms with E-state index in [1.807, 2.05) is 66.6 Å². The monoisotopic (exact) mass is 539 g/mol. The van der Waals surface area contributed by atoms with E-state index in [2.05, 4.69) is 6.92 Å². The summed E-state index contributed by atoms with van der Waals surface area (Å²) in [5.74, 6) is -2.90. The molecule has 0 aliphatic carbocycles. The van der Waals surface area contributed by atoms with Crippen LogP contribution in [0, 0.1) is 17.8 Å². The molecular formula is C29H49NO8. The minimum absolute atomic E-state index is 0.0435. The fourth-order valence-electron chi connectivity index (χ4n) is 7.37. The van der Waals surface area contributed by atoms with Crippen LogP contribution >= 0.6 is 0 Å². The van der Waals surface area contributed by atoms with Crippen molar-refractivity contribution in [3.63, 3.8) is 0 Å². The normalized spacial score (nSPS) is 51.8. The standard InChI is InChI=1S/C29H49NO8/c1-11-21-27(7)13-15(2)29(37-27)16(3)14-28(8,38-29)24(18(5)22(31)19(6)25(33)35-21)36-26-23(32)20(30(9)10)12-17(4)34-26/h13,16-24,26,31-32H,11-12,14H2,1-10H3/t16-,17-,18+,19-,20+,21-,22+,23-,24-,26+,27+,28-,29+/m1/s1. The molecule has 4 aliphatic rings. The fourth-order valence-corrected chi connectivity index (χ4v) is 7.37. The number of hydrogen-bond donors (Lipinski definition) is 2. The summed E-state index contributed by atoms with van der Waals surface area (Å²) in [7, 11) is 3.86.